The number of hydrogen-bond donors (Lipinski definition) is 1. The van der Waals surface area contributed by atoms with Gasteiger partial charge in [0.1, 0.15) is 5.75 Å². The van der Waals surface area contributed by atoms with Crippen LogP contribution >= 0.6 is 0 Å². The quantitative estimate of drug-likeness (QED) is 0.686. The molecule has 0 fully saturated rings. The van der Waals surface area contributed by atoms with E-state index < -0.39 is 11.2 Å². The van der Waals surface area contributed by atoms with E-state index in [9.17, 15) is 4.55 Å². The van der Waals surface area contributed by atoms with Crippen LogP contribution in [0.2, 0.25) is 0 Å². The molecule has 1 atom stereocenters. The zero-order valence-electron chi connectivity index (χ0n) is 14.9. The molecule has 0 amide bonds. The molecule has 132 valence electrons. The highest BCUT2D eigenvalue weighted by Gasteiger charge is 2.19. The fraction of sp³-hybridized carbons (Fsp3) is 0.333. The molecule has 25 heavy (non-hydrogen) atoms. The van der Waals surface area contributed by atoms with Crippen LogP contribution in [0.25, 0.3) is 11.0 Å². The third-order valence-electron chi connectivity index (χ3n) is 4.04. The van der Waals surface area contributed by atoms with Gasteiger partial charge in [-0.1, -0.05) is 6.92 Å². The molecule has 7 heteroatoms. The number of anilines is 1. The van der Waals surface area contributed by atoms with Gasteiger partial charge in [0.15, 0.2) is 5.75 Å². The molecule has 0 aliphatic rings. The highest BCUT2D eigenvalue weighted by atomic mass is 32.2. The van der Waals surface area contributed by atoms with Crippen LogP contribution in [0.3, 0.4) is 0 Å². The number of methoxy groups -OCH3 is 1. The number of aromatic amines is 1. The smallest absolute Gasteiger partial charge is 0.322 e. The van der Waals surface area contributed by atoms with E-state index in [1.165, 1.54) is 5.56 Å². The summed E-state index contributed by atoms with van der Waals surface area (Å²) in [5, 5.41) is 0.455. The summed E-state index contributed by atoms with van der Waals surface area (Å²) in [6.07, 6.45) is 2.78. The van der Waals surface area contributed by atoms with Crippen molar-refractivity contribution in [3.63, 3.8) is 0 Å². The number of fused-ring (bicyclic) bond motifs is 1. The summed E-state index contributed by atoms with van der Waals surface area (Å²) >= 11 is -1.29. The van der Waals surface area contributed by atoms with Crippen LogP contribution in [-0.4, -0.2) is 40.7 Å². The van der Waals surface area contributed by atoms with Crippen LogP contribution in [0.1, 0.15) is 18.2 Å². The van der Waals surface area contributed by atoms with E-state index in [-0.39, 0.29) is 0 Å². The lowest BCUT2D eigenvalue weighted by Crippen LogP contribution is -2.14. The number of hydrogen-bond acceptors (Lipinski definition) is 5. The number of ether oxygens (including phenoxy) is 1. The Morgan fingerprint density at radius 2 is 2.08 bits per heavy atom. The Hall–Kier alpha value is -2.25. The summed E-state index contributed by atoms with van der Waals surface area (Å²) in [7, 11) is 5.62. The average molecular weight is 358 g/mol. The number of rotatable bonds is 6. The molecule has 2 aromatic heterocycles. The Morgan fingerprint density at radius 3 is 2.76 bits per heavy atom. The number of aromatic nitrogens is 3. The van der Waals surface area contributed by atoms with Crippen LogP contribution in [0, 0.1) is 0 Å². The molecule has 6 nitrogen and oxygen atoms in total. The molecular weight excluding hydrogens is 336 g/mol. The second-order valence-electron chi connectivity index (χ2n) is 5.97. The fourth-order valence-electron chi connectivity index (χ4n) is 2.68. The number of aryl methyl sites for hydroxylation is 1. The molecule has 1 unspecified atom stereocenters. The van der Waals surface area contributed by atoms with Crippen LogP contribution in [0.15, 0.2) is 35.6 Å². The van der Waals surface area contributed by atoms with Gasteiger partial charge in [0.2, 0.25) is 0 Å². The van der Waals surface area contributed by atoms with Crippen molar-refractivity contribution in [1.29, 1.82) is 0 Å². The van der Waals surface area contributed by atoms with Gasteiger partial charge in [0, 0.05) is 43.2 Å². The monoisotopic (exact) mass is 358 g/mol. The molecule has 0 aliphatic heterocycles. The first-order valence-corrected chi connectivity index (χ1v) is 9.41. The maximum Gasteiger partial charge on any atom is 0.322 e. The molecule has 1 N–H and O–H groups in total. The lowest BCUT2D eigenvalue weighted by molar-refractivity contribution is 0.415. The number of H-pyrrole nitrogens is 1. The molecule has 1 aromatic carbocycles. The molecule has 2 heterocycles. The van der Waals surface area contributed by atoms with Gasteiger partial charge in [-0.2, -0.15) is 4.98 Å². The van der Waals surface area contributed by atoms with Crippen LogP contribution in [0.5, 0.6) is 5.75 Å². The topological polar surface area (TPSA) is 77.1 Å². The SMILES string of the molecule is CCc1cnc(C[S+]([O-])c2nc3cc(OC)ccc3[nH]2)cc1N(C)C. The van der Waals surface area contributed by atoms with E-state index in [0.717, 1.165) is 34.6 Å². The largest absolute Gasteiger partial charge is 0.609 e. The molecule has 0 aliphatic carbocycles. The first-order valence-electron chi connectivity index (χ1n) is 8.09. The number of nitrogens with zero attached hydrogens (tertiary/aromatic N) is 3. The normalized spacial score (nSPS) is 12.4. The van der Waals surface area contributed by atoms with Crippen molar-refractivity contribution >= 4 is 27.9 Å². The van der Waals surface area contributed by atoms with E-state index in [0.29, 0.717) is 10.9 Å². The third-order valence-corrected chi connectivity index (χ3v) is 5.23. The van der Waals surface area contributed by atoms with Crippen molar-refractivity contribution in [3.05, 3.63) is 41.7 Å². The Balaban J connectivity index is 1.84. The number of imidazole rings is 1. The van der Waals surface area contributed by atoms with Crippen molar-refractivity contribution in [1.82, 2.24) is 15.0 Å². The molecule has 0 saturated heterocycles. The highest BCUT2D eigenvalue weighted by Crippen LogP contribution is 2.24. The number of nitrogens with one attached hydrogen (secondary N) is 1. The summed E-state index contributed by atoms with van der Waals surface area (Å²) in [4.78, 5) is 14.1. The first-order chi connectivity index (χ1) is 12.0. The maximum atomic E-state index is 12.7. The van der Waals surface area contributed by atoms with Gasteiger partial charge < -0.3 is 14.2 Å². The predicted octanol–water partition coefficient (Wildman–Crippen LogP) is 2.90. The molecule has 0 radical (unpaired) electrons. The van der Waals surface area contributed by atoms with E-state index in [4.69, 9.17) is 4.74 Å². The van der Waals surface area contributed by atoms with Gasteiger partial charge in [0.25, 0.3) is 0 Å². The summed E-state index contributed by atoms with van der Waals surface area (Å²) in [6.45, 7) is 2.10. The molecule has 0 bridgehead atoms. The van der Waals surface area contributed by atoms with Crippen molar-refractivity contribution in [2.24, 2.45) is 0 Å². The fourth-order valence-corrected chi connectivity index (χ4v) is 3.67. The molecule has 3 rings (SSSR count). The van der Waals surface area contributed by atoms with Crippen molar-refractivity contribution < 1.29 is 9.29 Å². The van der Waals surface area contributed by atoms with Gasteiger partial charge in [-0.3, -0.25) is 9.97 Å². The van der Waals surface area contributed by atoms with E-state index in [1.807, 2.05) is 44.6 Å². The lowest BCUT2D eigenvalue weighted by Gasteiger charge is -2.17. The van der Waals surface area contributed by atoms with Crippen molar-refractivity contribution in [2.75, 3.05) is 26.1 Å². The van der Waals surface area contributed by atoms with Gasteiger partial charge >= 0.3 is 5.16 Å². The minimum atomic E-state index is -1.29. The minimum Gasteiger partial charge on any atom is -0.609 e. The van der Waals surface area contributed by atoms with Crippen LogP contribution in [0.4, 0.5) is 5.69 Å². The predicted molar refractivity (Wildman–Crippen MR) is 101 cm³/mol. The highest BCUT2D eigenvalue weighted by molar-refractivity contribution is 7.90. The number of benzene rings is 1. The Kier molecular flexibility index (Phi) is 5.15. The summed E-state index contributed by atoms with van der Waals surface area (Å²) in [5.41, 5.74) is 4.66. The van der Waals surface area contributed by atoms with Gasteiger partial charge in [-0.05, 0) is 30.2 Å². The Labute approximate surface area is 150 Å². The first kappa shape index (κ1) is 17.6. The van der Waals surface area contributed by atoms with Gasteiger partial charge in [-0.25, -0.2) is 0 Å². The zero-order valence-corrected chi connectivity index (χ0v) is 15.7. The maximum absolute atomic E-state index is 12.7. The second-order valence-corrected chi connectivity index (χ2v) is 7.33. The molecular formula is C18H22N4O2S. The Bertz CT molecular complexity index is 879. The van der Waals surface area contributed by atoms with Gasteiger partial charge in [0.05, 0.1) is 23.8 Å². The summed E-state index contributed by atoms with van der Waals surface area (Å²) < 4.78 is 17.9. The second kappa shape index (κ2) is 7.33. The van der Waals surface area contributed by atoms with Gasteiger partial charge in [-0.15, -0.1) is 0 Å². The minimum absolute atomic E-state index is 0.321. The summed E-state index contributed by atoms with van der Waals surface area (Å²) in [6, 6.07) is 7.55. The molecule has 0 spiro atoms. The summed E-state index contributed by atoms with van der Waals surface area (Å²) in [5.74, 6) is 1.05. The number of pyridine rings is 1. The Morgan fingerprint density at radius 1 is 1.28 bits per heavy atom. The van der Waals surface area contributed by atoms with Crippen molar-refractivity contribution in [2.45, 2.75) is 24.3 Å². The standard InChI is InChI=1S/C18H22N4O2S/c1-5-12-10-19-13(8-17(12)22(2)3)11-25(23)18-20-15-7-6-14(24-4)9-16(15)21-18/h6-10H,5,11H2,1-4H3,(H,20,21). The molecule has 3 aromatic rings. The average Bonchev–Trinajstić information content (AvgIpc) is 3.04. The van der Waals surface area contributed by atoms with E-state index >= 15 is 0 Å². The lowest BCUT2D eigenvalue weighted by atomic mass is 10.1. The van der Waals surface area contributed by atoms with Crippen LogP contribution < -0.4 is 9.64 Å². The van der Waals surface area contributed by atoms with E-state index in [1.54, 1.807) is 7.11 Å². The molecule has 0 saturated carbocycles. The third kappa shape index (κ3) is 3.72. The zero-order chi connectivity index (χ0) is 18.0. The van der Waals surface area contributed by atoms with Crippen molar-refractivity contribution in [3.8, 4) is 5.75 Å². The van der Waals surface area contributed by atoms with Crippen LogP contribution in [-0.2, 0) is 23.3 Å². The van der Waals surface area contributed by atoms with E-state index in [2.05, 4.69) is 26.8 Å².